The van der Waals surface area contributed by atoms with Gasteiger partial charge in [-0.15, -0.1) is 0 Å². The number of rotatable bonds is 3. The van der Waals surface area contributed by atoms with Gasteiger partial charge in [0.25, 0.3) is 0 Å². The topological polar surface area (TPSA) is 40.1 Å². The first kappa shape index (κ1) is 12.4. The molecule has 14 heavy (non-hydrogen) atoms. The van der Waals surface area contributed by atoms with Crippen LogP contribution in [0.15, 0.2) is 0 Å². The Hall–Kier alpha value is 0.290. The number of alkyl halides is 4. The summed E-state index contributed by atoms with van der Waals surface area (Å²) in [5.74, 6) is -2.68. The molecular weight excluding hydrogens is 326 g/mol. The zero-order chi connectivity index (χ0) is 11.3. The molecule has 1 unspecified atom stereocenters. The predicted molar refractivity (Wildman–Crippen MR) is 52.4 cm³/mol. The van der Waals surface area contributed by atoms with Gasteiger partial charge in [-0.3, -0.25) is 0 Å². The molecule has 0 saturated heterocycles. The molecule has 1 fully saturated rings. The molecule has 2 nitrogen and oxygen atoms in total. The molecule has 1 aliphatic carbocycles. The van der Waals surface area contributed by atoms with Crippen molar-refractivity contribution in [3.05, 3.63) is 0 Å². The highest BCUT2D eigenvalue weighted by atomic mass is 79.9. The lowest BCUT2D eigenvalue weighted by Crippen LogP contribution is -2.29. The maximum atomic E-state index is 12.8. The van der Waals surface area contributed by atoms with Crippen LogP contribution in [0.2, 0.25) is 0 Å². The lowest BCUT2D eigenvalue weighted by atomic mass is 10.1. The first-order chi connectivity index (χ1) is 6.10. The number of carboxylic acid groups (broad SMARTS) is 1. The first-order valence-corrected chi connectivity index (χ1v) is 5.72. The molecule has 82 valence electrons. The van der Waals surface area contributed by atoms with Crippen molar-refractivity contribution in [3.63, 3.8) is 0 Å². The summed E-state index contributed by atoms with van der Waals surface area (Å²) < 4.78 is 25.7. The molecule has 1 rings (SSSR count). The van der Waals surface area contributed by atoms with E-state index in [-0.39, 0.29) is 0 Å². The Balaban J connectivity index is 2.79. The molecule has 0 aromatic carbocycles. The van der Waals surface area contributed by atoms with E-state index in [2.05, 4.69) is 31.9 Å². The van der Waals surface area contributed by atoms with Gasteiger partial charge in [-0.1, -0.05) is 29.8 Å². The fourth-order valence-electron chi connectivity index (χ4n) is 1.88. The van der Waals surface area contributed by atoms with Crippen molar-refractivity contribution in [1.29, 1.82) is 0 Å². The van der Waals surface area contributed by atoms with Gasteiger partial charge in [0.05, 0.1) is 4.83 Å². The summed E-state index contributed by atoms with van der Waals surface area (Å²) in [6, 6.07) is 0. The normalized spacial score (nSPS) is 32.4. The minimum Gasteiger partial charge on any atom is -0.550 e. The van der Waals surface area contributed by atoms with Crippen LogP contribution in [0.5, 0.6) is 0 Å². The van der Waals surface area contributed by atoms with Gasteiger partial charge in [0, 0.05) is 11.9 Å². The summed E-state index contributed by atoms with van der Waals surface area (Å²) >= 11 is 5.04. The highest BCUT2D eigenvalue weighted by Gasteiger charge is 2.65. The number of carboxylic acids is 1. The van der Waals surface area contributed by atoms with E-state index in [0.29, 0.717) is 0 Å². The second kappa shape index (κ2) is 3.40. The Labute approximate surface area is 97.3 Å². The fourth-order valence-corrected chi connectivity index (χ4v) is 3.15. The maximum Gasteiger partial charge on any atom is 0.313 e. The Kier molecular flexibility index (Phi) is 3.00. The highest BCUT2D eigenvalue weighted by Crippen LogP contribution is 2.63. The second-order valence-corrected chi connectivity index (χ2v) is 6.13. The summed E-state index contributed by atoms with van der Waals surface area (Å²) in [5, 5.41) is 10.6. The molecule has 0 heterocycles. The van der Waals surface area contributed by atoms with Crippen molar-refractivity contribution in [1.82, 2.24) is 0 Å². The fraction of sp³-hybridized carbons (Fsp3) is 0.875. The smallest absolute Gasteiger partial charge is 0.313 e. The summed E-state index contributed by atoms with van der Waals surface area (Å²) in [6.07, 6.45) is 0. The van der Waals surface area contributed by atoms with E-state index < -0.39 is 32.9 Å². The van der Waals surface area contributed by atoms with E-state index in [0.717, 1.165) is 0 Å². The number of carbonyl (C=O) groups is 1. The molecule has 1 saturated carbocycles. The van der Waals surface area contributed by atoms with Gasteiger partial charge in [-0.2, -0.15) is 8.78 Å². The Morgan fingerprint density at radius 3 is 2.21 bits per heavy atom. The third-order valence-corrected chi connectivity index (χ3v) is 5.04. The summed E-state index contributed by atoms with van der Waals surface area (Å²) in [4.78, 5) is 6.34. The SMILES string of the molecule is CC1(C)[C@H](C(=O)[O-])[C@@H]1C(Br)C(F)(F)Br. The third-order valence-electron chi connectivity index (χ3n) is 2.79. The van der Waals surface area contributed by atoms with E-state index in [4.69, 9.17) is 0 Å². The molecule has 0 amide bonds. The molecule has 6 heteroatoms. The maximum absolute atomic E-state index is 12.8. The second-order valence-electron chi connectivity index (χ2n) is 4.09. The molecule has 0 spiro atoms. The van der Waals surface area contributed by atoms with Gasteiger partial charge >= 0.3 is 4.83 Å². The summed E-state index contributed by atoms with van der Waals surface area (Å²) in [6.45, 7) is 3.29. The van der Waals surface area contributed by atoms with E-state index in [1.54, 1.807) is 13.8 Å². The van der Waals surface area contributed by atoms with E-state index in [9.17, 15) is 18.7 Å². The van der Waals surface area contributed by atoms with Crippen molar-refractivity contribution < 1.29 is 18.7 Å². The van der Waals surface area contributed by atoms with Crippen LogP contribution in [0.25, 0.3) is 0 Å². The van der Waals surface area contributed by atoms with Gasteiger partial charge in [0.15, 0.2) is 0 Å². The van der Waals surface area contributed by atoms with E-state index in [1.807, 2.05) is 0 Å². The zero-order valence-corrected chi connectivity index (χ0v) is 10.7. The number of hydrogen-bond donors (Lipinski definition) is 0. The lowest BCUT2D eigenvalue weighted by Gasteiger charge is -2.17. The molecule has 3 atom stereocenters. The molecule has 0 radical (unpaired) electrons. The highest BCUT2D eigenvalue weighted by molar-refractivity contribution is 9.12. The van der Waals surface area contributed by atoms with Crippen LogP contribution in [0.3, 0.4) is 0 Å². The van der Waals surface area contributed by atoms with Crippen LogP contribution in [-0.4, -0.2) is 15.6 Å². The Morgan fingerprint density at radius 2 is 2.00 bits per heavy atom. The molecule has 0 aromatic heterocycles. The van der Waals surface area contributed by atoms with Crippen LogP contribution in [0, 0.1) is 17.3 Å². The van der Waals surface area contributed by atoms with E-state index in [1.165, 1.54) is 0 Å². The largest absolute Gasteiger partial charge is 0.550 e. The van der Waals surface area contributed by atoms with Gasteiger partial charge in [-0.25, -0.2) is 0 Å². The quantitative estimate of drug-likeness (QED) is 0.738. The van der Waals surface area contributed by atoms with E-state index >= 15 is 0 Å². The van der Waals surface area contributed by atoms with Crippen LogP contribution >= 0.6 is 31.9 Å². The summed E-state index contributed by atoms with van der Waals surface area (Å²) in [7, 11) is 0. The molecule has 0 aromatic rings. The van der Waals surface area contributed by atoms with Crippen LogP contribution in [0.1, 0.15) is 13.8 Å². The standard InChI is InChI=1S/C8H10Br2F2O2/c1-7(2)3(4(7)6(13)14)5(9)8(10,11)12/h3-5H,1-2H3,(H,13,14)/p-1/t3-,4+,5?/m1/s1. The molecule has 0 aliphatic heterocycles. The number of hydrogen-bond acceptors (Lipinski definition) is 2. The summed E-state index contributed by atoms with van der Waals surface area (Å²) in [5.41, 5.74) is -0.635. The van der Waals surface area contributed by atoms with Crippen LogP contribution in [-0.2, 0) is 4.79 Å². The Morgan fingerprint density at radius 1 is 1.57 bits per heavy atom. The lowest BCUT2D eigenvalue weighted by molar-refractivity contribution is -0.309. The van der Waals surface area contributed by atoms with Gasteiger partial charge in [0.2, 0.25) is 0 Å². The van der Waals surface area contributed by atoms with Gasteiger partial charge in [-0.05, 0) is 27.3 Å². The third kappa shape index (κ3) is 1.96. The molecule has 1 aliphatic rings. The predicted octanol–water partition coefficient (Wildman–Crippen LogP) is 1.76. The molecule has 0 bridgehead atoms. The molecular formula is C8H9Br2F2O2-. The van der Waals surface area contributed by atoms with Gasteiger partial charge in [0.1, 0.15) is 0 Å². The minimum atomic E-state index is -3.10. The number of aliphatic carboxylic acids is 1. The van der Waals surface area contributed by atoms with Crippen molar-refractivity contribution in [2.45, 2.75) is 23.5 Å². The average molecular weight is 335 g/mol. The number of halogens is 4. The van der Waals surface area contributed by atoms with Crippen molar-refractivity contribution >= 4 is 37.8 Å². The van der Waals surface area contributed by atoms with Crippen molar-refractivity contribution in [2.75, 3.05) is 0 Å². The van der Waals surface area contributed by atoms with Crippen LogP contribution < -0.4 is 5.11 Å². The van der Waals surface area contributed by atoms with Gasteiger partial charge < -0.3 is 9.90 Å². The monoisotopic (exact) mass is 333 g/mol. The minimum absolute atomic E-state index is 0.609. The average Bonchev–Trinajstić information content (AvgIpc) is 2.49. The van der Waals surface area contributed by atoms with Crippen molar-refractivity contribution in [3.8, 4) is 0 Å². The van der Waals surface area contributed by atoms with Crippen molar-refractivity contribution in [2.24, 2.45) is 17.3 Å². The molecule has 0 N–H and O–H groups in total. The first-order valence-electron chi connectivity index (χ1n) is 4.01. The Bertz CT molecular complexity index is 263. The van der Waals surface area contributed by atoms with Crippen LogP contribution in [0.4, 0.5) is 8.78 Å². The zero-order valence-electron chi connectivity index (χ0n) is 7.56. The number of carbonyl (C=O) groups excluding carboxylic acids is 1.